The first-order valence-electron chi connectivity index (χ1n) is 8.21. The Morgan fingerprint density at radius 3 is 3.04 bits per heavy atom. The SMILES string of the molecule is CC1Cc2cc(C(=O)NCc3ccccc3-n3cncn3)ccc2O1. The summed E-state index contributed by atoms with van der Waals surface area (Å²) in [6, 6.07) is 13.4. The number of nitrogens with one attached hydrogen (secondary N) is 1. The lowest BCUT2D eigenvalue weighted by atomic mass is 10.1. The molecule has 0 aliphatic carbocycles. The van der Waals surface area contributed by atoms with Gasteiger partial charge in [0.25, 0.3) is 5.91 Å². The van der Waals surface area contributed by atoms with Crippen molar-refractivity contribution < 1.29 is 9.53 Å². The molecular formula is C19H18N4O2. The fourth-order valence-corrected chi connectivity index (χ4v) is 3.06. The van der Waals surface area contributed by atoms with Gasteiger partial charge in [0, 0.05) is 18.5 Å². The summed E-state index contributed by atoms with van der Waals surface area (Å²) in [5.41, 5.74) is 3.61. The van der Waals surface area contributed by atoms with E-state index in [0.29, 0.717) is 12.1 Å². The predicted octanol–water partition coefficient (Wildman–Crippen LogP) is 2.52. The molecule has 4 rings (SSSR count). The van der Waals surface area contributed by atoms with Crippen molar-refractivity contribution in [3.63, 3.8) is 0 Å². The van der Waals surface area contributed by atoms with Crippen LogP contribution in [0.25, 0.3) is 5.69 Å². The normalized spacial score (nSPS) is 15.5. The minimum atomic E-state index is -0.101. The Hall–Kier alpha value is -3.15. The number of nitrogens with zero attached hydrogens (tertiary/aromatic N) is 3. The lowest BCUT2D eigenvalue weighted by Crippen LogP contribution is -2.23. The average molecular weight is 334 g/mol. The highest BCUT2D eigenvalue weighted by Gasteiger charge is 2.20. The van der Waals surface area contributed by atoms with Gasteiger partial charge in [-0.1, -0.05) is 18.2 Å². The van der Waals surface area contributed by atoms with E-state index in [0.717, 1.165) is 29.0 Å². The smallest absolute Gasteiger partial charge is 0.251 e. The van der Waals surface area contributed by atoms with Crippen LogP contribution in [0.3, 0.4) is 0 Å². The summed E-state index contributed by atoms with van der Waals surface area (Å²) in [6.45, 7) is 2.44. The topological polar surface area (TPSA) is 69.0 Å². The van der Waals surface area contributed by atoms with E-state index >= 15 is 0 Å². The molecule has 2 heterocycles. The van der Waals surface area contributed by atoms with E-state index in [2.05, 4.69) is 15.4 Å². The molecule has 0 bridgehead atoms. The summed E-state index contributed by atoms with van der Waals surface area (Å²) in [5.74, 6) is 0.774. The standard InChI is InChI=1S/C19H18N4O2/c1-13-8-16-9-14(6-7-18(16)25-13)19(24)21-10-15-4-2-3-5-17(15)23-12-20-11-22-23/h2-7,9,11-13H,8,10H2,1H3,(H,21,24). The Balaban J connectivity index is 1.49. The molecule has 6 heteroatoms. The Bertz CT molecular complexity index is 906. The first kappa shape index (κ1) is 15.4. The zero-order valence-electron chi connectivity index (χ0n) is 13.8. The molecule has 25 heavy (non-hydrogen) atoms. The Morgan fingerprint density at radius 1 is 1.32 bits per heavy atom. The lowest BCUT2D eigenvalue weighted by Gasteiger charge is -2.11. The monoisotopic (exact) mass is 334 g/mol. The van der Waals surface area contributed by atoms with Gasteiger partial charge in [-0.2, -0.15) is 5.10 Å². The fourth-order valence-electron chi connectivity index (χ4n) is 3.06. The molecule has 126 valence electrons. The molecule has 1 amide bonds. The Kier molecular flexibility index (Phi) is 3.93. The minimum Gasteiger partial charge on any atom is -0.490 e. The van der Waals surface area contributed by atoms with Gasteiger partial charge < -0.3 is 10.1 Å². The molecule has 0 fully saturated rings. The van der Waals surface area contributed by atoms with Crippen LogP contribution in [0, 0.1) is 0 Å². The van der Waals surface area contributed by atoms with Gasteiger partial charge in [0.1, 0.15) is 24.5 Å². The van der Waals surface area contributed by atoms with Crippen LogP contribution in [0.15, 0.2) is 55.1 Å². The van der Waals surface area contributed by atoms with E-state index in [-0.39, 0.29) is 12.0 Å². The number of ether oxygens (including phenoxy) is 1. The van der Waals surface area contributed by atoms with Crippen molar-refractivity contribution in [2.45, 2.75) is 26.0 Å². The number of para-hydroxylation sites is 1. The number of carbonyl (C=O) groups is 1. The van der Waals surface area contributed by atoms with Crippen molar-refractivity contribution >= 4 is 5.91 Å². The third-order valence-electron chi connectivity index (χ3n) is 4.25. The molecule has 1 aliphatic heterocycles. The van der Waals surface area contributed by atoms with Crippen molar-refractivity contribution in [2.75, 3.05) is 0 Å². The highest BCUT2D eigenvalue weighted by molar-refractivity contribution is 5.94. The van der Waals surface area contributed by atoms with Crippen LogP contribution in [0.1, 0.15) is 28.4 Å². The van der Waals surface area contributed by atoms with Gasteiger partial charge in [-0.05, 0) is 42.3 Å². The van der Waals surface area contributed by atoms with E-state index < -0.39 is 0 Å². The largest absolute Gasteiger partial charge is 0.490 e. The summed E-state index contributed by atoms with van der Waals surface area (Å²) in [5, 5.41) is 7.14. The van der Waals surface area contributed by atoms with Crippen molar-refractivity contribution in [1.29, 1.82) is 0 Å². The van der Waals surface area contributed by atoms with Crippen LogP contribution in [0.5, 0.6) is 5.75 Å². The van der Waals surface area contributed by atoms with E-state index in [1.807, 2.05) is 43.3 Å². The second-order valence-corrected chi connectivity index (χ2v) is 6.11. The molecule has 0 saturated heterocycles. The van der Waals surface area contributed by atoms with Crippen molar-refractivity contribution in [3.05, 3.63) is 71.8 Å². The molecule has 0 saturated carbocycles. The van der Waals surface area contributed by atoms with Crippen LogP contribution in [-0.4, -0.2) is 26.8 Å². The molecular weight excluding hydrogens is 316 g/mol. The first-order valence-corrected chi connectivity index (χ1v) is 8.21. The van der Waals surface area contributed by atoms with E-state index in [9.17, 15) is 4.79 Å². The molecule has 1 aromatic heterocycles. The number of fused-ring (bicyclic) bond motifs is 1. The molecule has 3 aromatic rings. The number of benzene rings is 2. The fraction of sp³-hybridized carbons (Fsp3) is 0.211. The molecule has 1 unspecified atom stereocenters. The molecule has 1 atom stereocenters. The third kappa shape index (κ3) is 3.10. The summed E-state index contributed by atoms with van der Waals surface area (Å²) in [6.07, 6.45) is 4.14. The first-order chi connectivity index (χ1) is 12.2. The van der Waals surface area contributed by atoms with E-state index in [1.54, 1.807) is 17.1 Å². The quantitative estimate of drug-likeness (QED) is 0.796. The number of hydrogen-bond acceptors (Lipinski definition) is 4. The summed E-state index contributed by atoms with van der Waals surface area (Å²) in [4.78, 5) is 16.5. The van der Waals surface area contributed by atoms with Crippen LogP contribution < -0.4 is 10.1 Å². The number of carbonyl (C=O) groups excluding carboxylic acids is 1. The van der Waals surface area contributed by atoms with Gasteiger partial charge >= 0.3 is 0 Å². The van der Waals surface area contributed by atoms with Gasteiger partial charge in [0.05, 0.1) is 5.69 Å². The minimum absolute atomic E-state index is 0.101. The second-order valence-electron chi connectivity index (χ2n) is 6.11. The van der Waals surface area contributed by atoms with Gasteiger partial charge in [0.2, 0.25) is 0 Å². The molecule has 2 aromatic carbocycles. The van der Waals surface area contributed by atoms with E-state index in [4.69, 9.17) is 4.74 Å². The Morgan fingerprint density at radius 2 is 2.20 bits per heavy atom. The van der Waals surface area contributed by atoms with Gasteiger partial charge in [0.15, 0.2) is 0 Å². The number of rotatable bonds is 4. The summed E-state index contributed by atoms with van der Waals surface area (Å²) < 4.78 is 7.37. The van der Waals surface area contributed by atoms with Crippen LogP contribution in [0.2, 0.25) is 0 Å². The molecule has 1 N–H and O–H groups in total. The number of amides is 1. The predicted molar refractivity (Wildman–Crippen MR) is 92.8 cm³/mol. The van der Waals surface area contributed by atoms with Crippen molar-refractivity contribution in [3.8, 4) is 11.4 Å². The van der Waals surface area contributed by atoms with Crippen LogP contribution in [-0.2, 0) is 13.0 Å². The molecule has 0 spiro atoms. The number of aromatic nitrogens is 3. The highest BCUT2D eigenvalue weighted by atomic mass is 16.5. The maximum Gasteiger partial charge on any atom is 0.251 e. The Labute approximate surface area is 145 Å². The average Bonchev–Trinajstić information content (AvgIpc) is 3.27. The molecule has 0 radical (unpaired) electrons. The lowest BCUT2D eigenvalue weighted by molar-refractivity contribution is 0.0951. The number of hydrogen-bond donors (Lipinski definition) is 1. The maximum atomic E-state index is 12.5. The van der Waals surface area contributed by atoms with Gasteiger partial charge in [-0.3, -0.25) is 4.79 Å². The second kappa shape index (κ2) is 6.39. The summed E-state index contributed by atoms with van der Waals surface area (Å²) in [7, 11) is 0. The summed E-state index contributed by atoms with van der Waals surface area (Å²) >= 11 is 0. The van der Waals surface area contributed by atoms with Gasteiger partial charge in [-0.15, -0.1) is 0 Å². The third-order valence-corrected chi connectivity index (χ3v) is 4.25. The zero-order chi connectivity index (χ0) is 17.2. The zero-order valence-corrected chi connectivity index (χ0v) is 13.8. The van der Waals surface area contributed by atoms with Crippen LogP contribution in [0.4, 0.5) is 0 Å². The highest BCUT2D eigenvalue weighted by Crippen LogP contribution is 2.29. The van der Waals surface area contributed by atoms with Crippen molar-refractivity contribution in [1.82, 2.24) is 20.1 Å². The molecule has 1 aliphatic rings. The van der Waals surface area contributed by atoms with Crippen LogP contribution >= 0.6 is 0 Å². The van der Waals surface area contributed by atoms with Crippen molar-refractivity contribution in [2.24, 2.45) is 0 Å². The maximum absolute atomic E-state index is 12.5. The van der Waals surface area contributed by atoms with Gasteiger partial charge in [-0.25, -0.2) is 9.67 Å². The van der Waals surface area contributed by atoms with E-state index in [1.165, 1.54) is 6.33 Å². The molecule has 6 nitrogen and oxygen atoms in total.